The lowest BCUT2D eigenvalue weighted by Gasteiger charge is -2.10. The summed E-state index contributed by atoms with van der Waals surface area (Å²) in [6, 6.07) is 6.34. The molecule has 0 atom stereocenters. The minimum Gasteiger partial charge on any atom is -0.508 e. The molecule has 2 N–H and O–H groups in total. The maximum Gasteiger partial charge on any atom is 0.271 e. The molecule has 1 fully saturated rings. The second-order valence-electron chi connectivity index (χ2n) is 6.35. The maximum atomic E-state index is 12.1. The number of hydrogen-bond acceptors (Lipinski definition) is 3. The van der Waals surface area contributed by atoms with Gasteiger partial charge in [0.2, 0.25) is 0 Å². The molecule has 0 radical (unpaired) electrons. The largest absolute Gasteiger partial charge is 0.508 e. The Morgan fingerprint density at radius 2 is 1.48 bits per heavy atom. The average molecular weight is 316 g/mol. The first-order valence-electron chi connectivity index (χ1n) is 8.90. The Balaban J connectivity index is 1.90. The van der Waals surface area contributed by atoms with Crippen molar-refractivity contribution in [3.05, 3.63) is 29.8 Å². The molecule has 1 aromatic rings. The first-order valence-corrected chi connectivity index (χ1v) is 8.90. The van der Waals surface area contributed by atoms with E-state index in [1.165, 1.54) is 51.0 Å². The van der Waals surface area contributed by atoms with Gasteiger partial charge >= 0.3 is 0 Å². The van der Waals surface area contributed by atoms with Gasteiger partial charge in [-0.15, -0.1) is 0 Å². The molecule has 0 heterocycles. The van der Waals surface area contributed by atoms with Gasteiger partial charge in [-0.05, 0) is 43.9 Å². The molecule has 1 aliphatic rings. The first-order chi connectivity index (χ1) is 11.3. The lowest BCUT2D eigenvalue weighted by atomic mass is 10.00. The number of carbonyl (C=O) groups excluding carboxylic acids is 1. The van der Waals surface area contributed by atoms with E-state index in [0.29, 0.717) is 5.56 Å². The van der Waals surface area contributed by atoms with Gasteiger partial charge < -0.3 is 5.11 Å². The Morgan fingerprint density at radius 3 is 2.04 bits per heavy atom. The van der Waals surface area contributed by atoms with Gasteiger partial charge in [0, 0.05) is 11.3 Å². The molecule has 4 nitrogen and oxygen atoms in total. The van der Waals surface area contributed by atoms with Crippen molar-refractivity contribution >= 4 is 11.6 Å². The van der Waals surface area contributed by atoms with Crippen LogP contribution in [0.1, 0.15) is 81.0 Å². The number of aromatic hydroxyl groups is 1. The second-order valence-corrected chi connectivity index (χ2v) is 6.35. The Kier molecular flexibility index (Phi) is 7.64. The van der Waals surface area contributed by atoms with Crippen LogP contribution in [0.5, 0.6) is 5.75 Å². The topological polar surface area (TPSA) is 61.7 Å². The second kappa shape index (κ2) is 10.0. The SMILES string of the molecule is O=C(NN=C1CCCCCCCCCCC1)c1cccc(O)c1. The van der Waals surface area contributed by atoms with Crippen LogP contribution in [0.4, 0.5) is 0 Å². The normalized spacial score (nSPS) is 17.7. The Hall–Kier alpha value is -1.84. The molecular weight excluding hydrogens is 288 g/mol. The summed E-state index contributed by atoms with van der Waals surface area (Å²) in [7, 11) is 0. The van der Waals surface area contributed by atoms with Gasteiger partial charge in [-0.2, -0.15) is 5.10 Å². The van der Waals surface area contributed by atoms with Crippen molar-refractivity contribution in [1.29, 1.82) is 0 Å². The Labute approximate surface area is 139 Å². The molecule has 1 aromatic carbocycles. The van der Waals surface area contributed by atoms with E-state index in [2.05, 4.69) is 10.5 Å². The monoisotopic (exact) mass is 316 g/mol. The predicted octanol–water partition coefficient (Wildman–Crippen LogP) is 4.78. The van der Waals surface area contributed by atoms with E-state index in [9.17, 15) is 9.90 Å². The Morgan fingerprint density at radius 1 is 0.913 bits per heavy atom. The maximum absolute atomic E-state index is 12.1. The van der Waals surface area contributed by atoms with Gasteiger partial charge in [-0.1, -0.05) is 51.0 Å². The van der Waals surface area contributed by atoms with Crippen LogP contribution in [0, 0.1) is 0 Å². The number of amides is 1. The number of nitrogens with zero attached hydrogens (tertiary/aromatic N) is 1. The summed E-state index contributed by atoms with van der Waals surface area (Å²) in [5, 5.41) is 13.8. The predicted molar refractivity (Wildman–Crippen MR) is 93.8 cm³/mol. The zero-order valence-corrected chi connectivity index (χ0v) is 13.9. The van der Waals surface area contributed by atoms with Gasteiger partial charge in [0.1, 0.15) is 5.75 Å². The van der Waals surface area contributed by atoms with Crippen LogP contribution < -0.4 is 5.43 Å². The fourth-order valence-corrected chi connectivity index (χ4v) is 2.97. The molecule has 23 heavy (non-hydrogen) atoms. The van der Waals surface area contributed by atoms with E-state index in [1.54, 1.807) is 18.2 Å². The van der Waals surface area contributed by atoms with Crippen LogP contribution in [-0.4, -0.2) is 16.7 Å². The van der Waals surface area contributed by atoms with Gasteiger partial charge in [0.25, 0.3) is 5.91 Å². The molecule has 0 bridgehead atoms. The lowest BCUT2D eigenvalue weighted by molar-refractivity contribution is 0.0954. The summed E-state index contributed by atoms with van der Waals surface area (Å²) < 4.78 is 0. The third kappa shape index (κ3) is 6.85. The van der Waals surface area contributed by atoms with Crippen LogP contribution in [0.3, 0.4) is 0 Å². The van der Waals surface area contributed by atoms with E-state index in [-0.39, 0.29) is 11.7 Å². The van der Waals surface area contributed by atoms with E-state index >= 15 is 0 Å². The molecule has 0 saturated heterocycles. The van der Waals surface area contributed by atoms with Crippen LogP contribution in [0.2, 0.25) is 0 Å². The molecule has 2 rings (SSSR count). The quantitative estimate of drug-likeness (QED) is 0.771. The van der Waals surface area contributed by atoms with E-state index in [1.807, 2.05) is 0 Å². The molecule has 1 saturated carbocycles. The molecule has 0 aromatic heterocycles. The van der Waals surface area contributed by atoms with Crippen LogP contribution in [0.15, 0.2) is 29.4 Å². The zero-order valence-electron chi connectivity index (χ0n) is 13.9. The van der Waals surface area contributed by atoms with Crippen LogP contribution >= 0.6 is 0 Å². The highest BCUT2D eigenvalue weighted by atomic mass is 16.3. The number of carbonyl (C=O) groups is 1. The molecule has 4 heteroatoms. The Bertz CT molecular complexity index is 512. The number of hydrogen-bond donors (Lipinski definition) is 2. The number of phenols is 1. The minimum absolute atomic E-state index is 0.0938. The average Bonchev–Trinajstić information content (AvgIpc) is 2.54. The lowest BCUT2D eigenvalue weighted by Crippen LogP contribution is -2.19. The molecule has 0 aliphatic heterocycles. The third-order valence-corrected chi connectivity index (χ3v) is 4.35. The number of hydrazone groups is 1. The number of nitrogens with one attached hydrogen (secondary N) is 1. The highest BCUT2D eigenvalue weighted by molar-refractivity contribution is 5.95. The molecule has 1 amide bonds. The molecule has 1 aliphatic carbocycles. The van der Waals surface area contributed by atoms with Gasteiger partial charge in [0.05, 0.1) is 0 Å². The molecule has 0 spiro atoms. The first kappa shape index (κ1) is 17.5. The van der Waals surface area contributed by atoms with Crippen molar-refractivity contribution < 1.29 is 9.90 Å². The fourth-order valence-electron chi connectivity index (χ4n) is 2.97. The molecular formula is C19H28N2O2. The fraction of sp³-hybridized carbons (Fsp3) is 0.579. The minimum atomic E-state index is -0.264. The van der Waals surface area contributed by atoms with Gasteiger partial charge in [0.15, 0.2) is 0 Å². The summed E-state index contributed by atoms with van der Waals surface area (Å²) in [4.78, 5) is 12.1. The summed E-state index contributed by atoms with van der Waals surface area (Å²) in [5.41, 5.74) is 4.18. The zero-order chi connectivity index (χ0) is 16.3. The van der Waals surface area contributed by atoms with Crippen molar-refractivity contribution in [3.8, 4) is 5.75 Å². The smallest absolute Gasteiger partial charge is 0.271 e. The van der Waals surface area contributed by atoms with E-state index in [4.69, 9.17) is 0 Å². The molecule has 126 valence electrons. The van der Waals surface area contributed by atoms with Crippen molar-refractivity contribution in [1.82, 2.24) is 5.43 Å². The summed E-state index contributed by atoms with van der Waals surface area (Å²) in [6.45, 7) is 0. The van der Waals surface area contributed by atoms with Gasteiger partial charge in [-0.25, -0.2) is 5.43 Å². The number of rotatable bonds is 2. The van der Waals surface area contributed by atoms with Crippen molar-refractivity contribution in [2.45, 2.75) is 70.6 Å². The van der Waals surface area contributed by atoms with Crippen LogP contribution in [0.25, 0.3) is 0 Å². The molecule has 0 unspecified atom stereocenters. The van der Waals surface area contributed by atoms with Crippen molar-refractivity contribution in [2.75, 3.05) is 0 Å². The van der Waals surface area contributed by atoms with E-state index < -0.39 is 0 Å². The van der Waals surface area contributed by atoms with E-state index in [0.717, 1.165) is 31.4 Å². The van der Waals surface area contributed by atoms with Crippen molar-refractivity contribution in [3.63, 3.8) is 0 Å². The summed E-state index contributed by atoms with van der Waals surface area (Å²) in [6.07, 6.45) is 13.4. The summed E-state index contributed by atoms with van der Waals surface area (Å²) >= 11 is 0. The number of benzene rings is 1. The number of phenolic OH excluding ortho intramolecular Hbond substituents is 1. The van der Waals surface area contributed by atoms with Crippen LogP contribution in [-0.2, 0) is 0 Å². The summed E-state index contributed by atoms with van der Waals surface area (Å²) in [5.74, 6) is -0.171. The highest BCUT2D eigenvalue weighted by Gasteiger charge is 2.07. The van der Waals surface area contributed by atoms with Crippen molar-refractivity contribution in [2.24, 2.45) is 5.10 Å². The van der Waals surface area contributed by atoms with Gasteiger partial charge in [-0.3, -0.25) is 4.79 Å². The standard InChI is InChI=1S/C19H28N2O2/c22-18-14-10-11-16(15-18)19(23)21-20-17-12-8-6-4-2-1-3-5-7-9-13-17/h10-11,14-15,22H,1-9,12-13H2,(H,21,23). The third-order valence-electron chi connectivity index (χ3n) is 4.35. The highest BCUT2D eigenvalue weighted by Crippen LogP contribution is 2.15.